The van der Waals surface area contributed by atoms with E-state index < -0.39 is 12.0 Å². The summed E-state index contributed by atoms with van der Waals surface area (Å²) in [5.74, 6) is 0.0609. The molecule has 7 heteroatoms. The summed E-state index contributed by atoms with van der Waals surface area (Å²) in [6.07, 6.45) is 2.05. The van der Waals surface area contributed by atoms with Crippen LogP contribution >= 0.6 is 0 Å². The maximum atomic E-state index is 11.5. The van der Waals surface area contributed by atoms with Crippen LogP contribution in [0.5, 0.6) is 0 Å². The molecule has 7 nitrogen and oxygen atoms in total. The van der Waals surface area contributed by atoms with Gasteiger partial charge in [-0.3, -0.25) is 9.59 Å². The second kappa shape index (κ2) is 6.04. The minimum atomic E-state index is -0.770. The molecule has 2 N–H and O–H groups in total. The number of ether oxygens (including phenoxy) is 1. The second-order valence-electron chi connectivity index (χ2n) is 4.92. The number of nitrogens with zero attached hydrogens (tertiary/aromatic N) is 2. The topological polar surface area (TPSA) is 98.7 Å². The van der Waals surface area contributed by atoms with Crippen LogP contribution in [0.4, 0.5) is 0 Å². The Morgan fingerprint density at radius 2 is 2.40 bits per heavy atom. The maximum Gasteiger partial charge on any atom is 0.323 e. The Morgan fingerprint density at radius 3 is 3.05 bits per heavy atom. The van der Waals surface area contributed by atoms with Gasteiger partial charge in [0.1, 0.15) is 17.5 Å². The van der Waals surface area contributed by atoms with Gasteiger partial charge in [-0.15, -0.1) is 0 Å². The standard InChI is InChI=1S/C13H19N3O4/c1-8(17)16-5-3-4-12(16)11-7-9(20-15-11)6-10(14)13(18)19-2/h7,10,12H,3-6,14H2,1-2H3/t10-,12+/m0/s1. The molecule has 2 heterocycles. The molecule has 1 saturated heterocycles. The van der Waals surface area contributed by atoms with Gasteiger partial charge in [-0.1, -0.05) is 5.16 Å². The Hall–Kier alpha value is -1.89. The first-order valence-electron chi connectivity index (χ1n) is 6.59. The van der Waals surface area contributed by atoms with E-state index in [0.717, 1.165) is 19.4 Å². The van der Waals surface area contributed by atoms with E-state index in [1.54, 1.807) is 17.9 Å². The van der Waals surface area contributed by atoms with Crippen molar-refractivity contribution in [2.75, 3.05) is 13.7 Å². The van der Waals surface area contributed by atoms with Crippen LogP contribution in [-0.2, 0) is 20.7 Å². The van der Waals surface area contributed by atoms with Gasteiger partial charge < -0.3 is 19.9 Å². The number of nitrogens with two attached hydrogens (primary N) is 1. The largest absolute Gasteiger partial charge is 0.468 e. The minimum Gasteiger partial charge on any atom is -0.468 e. The van der Waals surface area contributed by atoms with Gasteiger partial charge >= 0.3 is 5.97 Å². The SMILES string of the molecule is COC(=O)[C@@H](N)Cc1cc([C@H]2CCCN2C(C)=O)no1. The monoisotopic (exact) mass is 281 g/mol. The van der Waals surface area contributed by atoms with Crippen molar-refractivity contribution in [2.45, 2.75) is 38.3 Å². The first kappa shape index (κ1) is 14.5. The van der Waals surface area contributed by atoms with E-state index in [1.807, 2.05) is 0 Å². The zero-order chi connectivity index (χ0) is 14.7. The lowest BCUT2D eigenvalue weighted by Gasteiger charge is -2.20. The number of esters is 1. The van der Waals surface area contributed by atoms with E-state index in [-0.39, 0.29) is 18.4 Å². The Labute approximate surface area is 117 Å². The number of amides is 1. The van der Waals surface area contributed by atoms with Crippen LogP contribution in [0.1, 0.15) is 37.3 Å². The van der Waals surface area contributed by atoms with Crippen LogP contribution in [0.15, 0.2) is 10.6 Å². The fraction of sp³-hybridized carbons (Fsp3) is 0.615. The summed E-state index contributed by atoms with van der Waals surface area (Å²) in [5, 5.41) is 3.99. The summed E-state index contributed by atoms with van der Waals surface area (Å²) >= 11 is 0. The quantitative estimate of drug-likeness (QED) is 0.802. The highest BCUT2D eigenvalue weighted by Gasteiger charge is 2.30. The molecule has 0 aromatic carbocycles. The molecule has 0 aliphatic carbocycles. The molecule has 1 amide bonds. The molecule has 0 radical (unpaired) electrons. The first-order chi connectivity index (χ1) is 9.52. The lowest BCUT2D eigenvalue weighted by atomic mass is 10.1. The molecule has 1 aromatic heterocycles. The third kappa shape index (κ3) is 2.98. The normalized spacial score (nSPS) is 19.9. The maximum absolute atomic E-state index is 11.5. The van der Waals surface area contributed by atoms with Crippen molar-refractivity contribution in [3.63, 3.8) is 0 Å². The highest BCUT2D eigenvalue weighted by molar-refractivity contribution is 5.75. The van der Waals surface area contributed by atoms with Crippen molar-refractivity contribution in [1.82, 2.24) is 10.1 Å². The number of methoxy groups -OCH3 is 1. The Balaban J connectivity index is 2.05. The average molecular weight is 281 g/mol. The summed E-state index contributed by atoms with van der Waals surface area (Å²) in [5.41, 5.74) is 6.38. The van der Waals surface area contributed by atoms with Crippen molar-refractivity contribution in [3.8, 4) is 0 Å². The number of carbonyl (C=O) groups excluding carboxylic acids is 2. The third-order valence-electron chi connectivity index (χ3n) is 3.50. The van der Waals surface area contributed by atoms with Gasteiger partial charge in [-0.05, 0) is 12.8 Å². The van der Waals surface area contributed by atoms with Gasteiger partial charge in [0.15, 0.2) is 0 Å². The Bertz CT molecular complexity index is 500. The molecule has 0 bridgehead atoms. The number of carbonyl (C=O) groups is 2. The van der Waals surface area contributed by atoms with Crippen LogP contribution in [0.2, 0.25) is 0 Å². The van der Waals surface area contributed by atoms with Crippen LogP contribution in [0, 0.1) is 0 Å². The van der Waals surface area contributed by atoms with Crippen molar-refractivity contribution in [2.24, 2.45) is 5.73 Å². The van der Waals surface area contributed by atoms with Crippen LogP contribution in [-0.4, -0.2) is 41.6 Å². The van der Waals surface area contributed by atoms with Gasteiger partial charge in [-0.2, -0.15) is 0 Å². The molecule has 20 heavy (non-hydrogen) atoms. The lowest BCUT2D eigenvalue weighted by molar-refractivity contribution is -0.142. The molecule has 1 aliphatic heterocycles. The van der Waals surface area contributed by atoms with Crippen LogP contribution in [0.25, 0.3) is 0 Å². The Kier molecular flexibility index (Phi) is 4.39. The van der Waals surface area contributed by atoms with E-state index >= 15 is 0 Å². The summed E-state index contributed by atoms with van der Waals surface area (Å²) in [6.45, 7) is 2.29. The molecule has 2 atom stereocenters. The fourth-order valence-electron chi connectivity index (χ4n) is 2.48. The van der Waals surface area contributed by atoms with Gasteiger partial charge in [0, 0.05) is 26.0 Å². The average Bonchev–Trinajstić information content (AvgIpc) is 3.05. The van der Waals surface area contributed by atoms with E-state index in [0.29, 0.717) is 11.5 Å². The van der Waals surface area contributed by atoms with Gasteiger partial charge in [0.05, 0.1) is 13.2 Å². The van der Waals surface area contributed by atoms with Crippen molar-refractivity contribution in [3.05, 3.63) is 17.5 Å². The van der Waals surface area contributed by atoms with Crippen LogP contribution in [0.3, 0.4) is 0 Å². The molecule has 0 unspecified atom stereocenters. The predicted octanol–water partition coefficient (Wildman–Crippen LogP) is 0.401. The summed E-state index contributed by atoms with van der Waals surface area (Å²) in [7, 11) is 1.29. The molecular weight excluding hydrogens is 262 g/mol. The molecule has 0 spiro atoms. The van der Waals surface area contributed by atoms with E-state index in [1.165, 1.54) is 7.11 Å². The molecule has 2 rings (SSSR count). The highest BCUT2D eigenvalue weighted by atomic mass is 16.5. The number of likely N-dealkylation sites (tertiary alicyclic amines) is 1. The number of hydrogen-bond acceptors (Lipinski definition) is 6. The van der Waals surface area contributed by atoms with Crippen molar-refractivity contribution >= 4 is 11.9 Å². The van der Waals surface area contributed by atoms with Gasteiger partial charge in [0.2, 0.25) is 5.91 Å². The van der Waals surface area contributed by atoms with Crippen LogP contribution < -0.4 is 5.73 Å². The summed E-state index contributed by atoms with van der Waals surface area (Å²) in [6, 6.07) is 0.946. The fourth-order valence-corrected chi connectivity index (χ4v) is 2.48. The van der Waals surface area contributed by atoms with E-state index in [4.69, 9.17) is 10.3 Å². The smallest absolute Gasteiger partial charge is 0.323 e. The van der Waals surface area contributed by atoms with E-state index in [9.17, 15) is 9.59 Å². The van der Waals surface area contributed by atoms with Crippen molar-refractivity contribution < 1.29 is 18.8 Å². The number of aromatic nitrogens is 1. The zero-order valence-electron chi connectivity index (χ0n) is 11.7. The molecule has 110 valence electrons. The Morgan fingerprint density at radius 1 is 1.65 bits per heavy atom. The van der Waals surface area contributed by atoms with Crippen molar-refractivity contribution in [1.29, 1.82) is 0 Å². The molecule has 1 aromatic rings. The number of hydrogen-bond donors (Lipinski definition) is 1. The summed E-state index contributed by atoms with van der Waals surface area (Å²) < 4.78 is 9.76. The molecule has 1 aliphatic rings. The minimum absolute atomic E-state index is 0.0308. The van der Waals surface area contributed by atoms with Gasteiger partial charge in [-0.25, -0.2) is 0 Å². The first-order valence-corrected chi connectivity index (χ1v) is 6.59. The third-order valence-corrected chi connectivity index (χ3v) is 3.50. The zero-order valence-corrected chi connectivity index (χ0v) is 11.7. The molecule has 1 fully saturated rings. The van der Waals surface area contributed by atoms with E-state index in [2.05, 4.69) is 9.89 Å². The second-order valence-corrected chi connectivity index (χ2v) is 4.92. The molecule has 0 saturated carbocycles. The molecular formula is C13H19N3O4. The number of rotatable bonds is 4. The van der Waals surface area contributed by atoms with Gasteiger partial charge in [0.25, 0.3) is 0 Å². The lowest BCUT2D eigenvalue weighted by Crippen LogP contribution is -2.33. The highest BCUT2D eigenvalue weighted by Crippen LogP contribution is 2.31. The predicted molar refractivity (Wildman–Crippen MR) is 69.6 cm³/mol. The summed E-state index contributed by atoms with van der Waals surface area (Å²) in [4.78, 5) is 24.6.